The van der Waals surface area contributed by atoms with Crippen LogP contribution in [0.5, 0.6) is 5.75 Å². The van der Waals surface area contributed by atoms with Gasteiger partial charge in [-0.1, -0.05) is 32.1 Å². The number of rotatable bonds is 7. The quantitative estimate of drug-likeness (QED) is 0.758. The van der Waals surface area contributed by atoms with E-state index in [-0.39, 0.29) is 5.91 Å². The van der Waals surface area contributed by atoms with Crippen LogP contribution in [0, 0.1) is 5.92 Å². The number of benzene rings is 1. The van der Waals surface area contributed by atoms with Crippen molar-refractivity contribution >= 4 is 11.6 Å². The Morgan fingerprint density at radius 1 is 1.19 bits per heavy atom. The molecule has 1 aromatic rings. The fourth-order valence-electron chi connectivity index (χ4n) is 2.81. The summed E-state index contributed by atoms with van der Waals surface area (Å²) in [6.07, 6.45) is 8.26. The summed E-state index contributed by atoms with van der Waals surface area (Å²) >= 11 is 0. The average molecular weight is 290 g/mol. The molecular formula is C17H26N2O2. The minimum absolute atomic E-state index is 0.0706. The molecule has 0 bridgehead atoms. The monoisotopic (exact) mass is 290 g/mol. The molecule has 1 aliphatic carbocycles. The summed E-state index contributed by atoms with van der Waals surface area (Å²) in [7, 11) is 0. The summed E-state index contributed by atoms with van der Waals surface area (Å²) in [5, 5.41) is 2.99. The number of hydrogen-bond acceptors (Lipinski definition) is 3. The van der Waals surface area contributed by atoms with E-state index in [9.17, 15) is 4.79 Å². The van der Waals surface area contributed by atoms with E-state index in [1.165, 1.54) is 32.1 Å². The van der Waals surface area contributed by atoms with Crippen molar-refractivity contribution in [3.05, 3.63) is 24.3 Å². The number of nitrogens with one attached hydrogen (secondary N) is 1. The maximum absolute atomic E-state index is 11.7. The first-order valence-corrected chi connectivity index (χ1v) is 7.99. The number of carbonyl (C=O) groups is 1. The van der Waals surface area contributed by atoms with Crippen LogP contribution < -0.4 is 15.8 Å². The van der Waals surface area contributed by atoms with Gasteiger partial charge in [0.25, 0.3) is 0 Å². The maximum Gasteiger partial charge on any atom is 0.223 e. The smallest absolute Gasteiger partial charge is 0.223 e. The average Bonchev–Trinajstić information content (AvgIpc) is 2.50. The van der Waals surface area contributed by atoms with Gasteiger partial charge in [-0.15, -0.1) is 0 Å². The van der Waals surface area contributed by atoms with E-state index in [0.29, 0.717) is 18.7 Å². The minimum atomic E-state index is 0.0706. The zero-order chi connectivity index (χ0) is 14.9. The third kappa shape index (κ3) is 6.06. The minimum Gasteiger partial charge on any atom is -0.493 e. The fourth-order valence-corrected chi connectivity index (χ4v) is 2.81. The second kappa shape index (κ2) is 8.55. The maximum atomic E-state index is 11.7. The summed E-state index contributed by atoms with van der Waals surface area (Å²) < 4.78 is 5.51. The van der Waals surface area contributed by atoms with Crippen LogP contribution in [0.2, 0.25) is 0 Å². The molecular weight excluding hydrogens is 264 g/mol. The highest BCUT2D eigenvalue weighted by Gasteiger charge is 2.13. The predicted octanol–water partition coefficient (Wildman–Crippen LogP) is 3.12. The number of amides is 1. The number of hydrogen-bond donors (Lipinski definition) is 2. The van der Waals surface area contributed by atoms with Crippen LogP contribution in [0.1, 0.15) is 44.9 Å². The highest BCUT2D eigenvalue weighted by atomic mass is 16.5. The summed E-state index contributed by atoms with van der Waals surface area (Å²) in [4.78, 5) is 11.7. The molecule has 1 saturated carbocycles. The van der Waals surface area contributed by atoms with Crippen LogP contribution in [-0.2, 0) is 4.79 Å². The van der Waals surface area contributed by atoms with Gasteiger partial charge in [-0.25, -0.2) is 0 Å². The molecule has 0 unspecified atom stereocenters. The third-order valence-corrected chi connectivity index (χ3v) is 4.08. The number of anilines is 1. The molecule has 0 spiro atoms. The van der Waals surface area contributed by atoms with Gasteiger partial charge in [0, 0.05) is 12.2 Å². The highest BCUT2D eigenvalue weighted by molar-refractivity contribution is 5.75. The topological polar surface area (TPSA) is 64.3 Å². The van der Waals surface area contributed by atoms with Gasteiger partial charge in [-0.05, 0) is 36.6 Å². The Hall–Kier alpha value is -1.71. The van der Waals surface area contributed by atoms with Crippen molar-refractivity contribution in [1.82, 2.24) is 5.32 Å². The largest absolute Gasteiger partial charge is 0.493 e. The molecule has 0 aliphatic heterocycles. The molecule has 0 saturated heterocycles. The molecule has 0 heterocycles. The highest BCUT2D eigenvalue weighted by Crippen LogP contribution is 2.25. The van der Waals surface area contributed by atoms with Crippen LogP contribution in [0.4, 0.5) is 5.69 Å². The summed E-state index contributed by atoms with van der Waals surface area (Å²) in [6, 6.07) is 7.21. The fraction of sp³-hybridized carbons (Fsp3) is 0.588. The first kappa shape index (κ1) is 15.7. The molecule has 1 aliphatic rings. The van der Waals surface area contributed by atoms with Crippen molar-refractivity contribution in [2.45, 2.75) is 44.9 Å². The Bertz CT molecular complexity index is 425. The second-order valence-corrected chi connectivity index (χ2v) is 5.81. The van der Waals surface area contributed by atoms with Gasteiger partial charge in [0.2, 0.25) is 5.91 Å². The van der Waals surface area contributed by atoms with Gasteiger partial charge in [-0.3, -0.25) is 4.79 Å². The standard InChI is InChI=1S/C17H26N2O2/c18-15-6-8-16(9-7-15)21-13-11-17(20)19-12-10-14-4-2-1-3-5-14/h6-9,14H,1-5,10-13,18H2,(H,19,20). The first-order valence-electron chi connectivity index (χ1n) is 7.99. The molecule has 116 valence electrons. The molecule has 1 aromatic carbocycles. The molecule has 1 fully saturated rings. The molecule has 4 nitrogen and oxygen atoms in total. The summed E-state index contributed by atoms with van der Waals surface area (Å²) in [5.74, 6) is 1.63. The number of nitrogens with two attached hydrogens (primary N) is 1. The Kier molecular flexibility index (Phi) is 6.38. The summed E-state index contributed by atoms with van der Waals surface area (Å²) in [5.41, 5.74) is 6.31. The van der Waals surface area contributed by atoms with Gasteiger partial charge in [0.05, 0.1) is 13.0 Å². The lowest BCUT2D eigenvalue weighted by Gasteiger charge is -2.21. The second-order valence-electron chi connectivity index (χ2n) is 5.81. The van der Waals surface area contributed by atoms with E-state index in [4.69, 9.17) is 10.5 Å². The number of ether oxygens (including phenoxy) is 1. The van der Waals surface area contributed by atoms with Gasteiger partial charge in [-0.2, -0.15) is 0 Å². The number of carbonyl (C=O) groups excluding carboxylic acids is 1. The summed E-state index contributed by atoms with van der Waals surface area (Å²) in [6.45, 7) is 1.20. The van der Waals surface area contributed by atoms with Crippen LogP contribution in [0.3, 0.4) is 0 Å². The van der Waals surface area contributed by atoms with Crippen molar-refractivity contribution < 1.29 is 9.53 Å². The van der Waals surface area contributed by atoms with E-state index >= 15 is 0 Å². The normalized spacial score (nSPS) is 15.6. The molecule has 1 amide bonds. The van der Waals surface area contributed by atoms with Gasteiger partial charge >= 0.3 is 0 Å². The van der Waals surface area contributed by atoms with Gasteiger partial charge in [0.1, 0.15) is 5.75 Å². The Balaban J connectivity index is 1.54. The lowest BCUT2D eigenvalue weighted by atomic mass is 9.87. The van der Waals surface area contributed by atoms with E-state index in [1.54, 1.807) is 12.1 Å². The van der Waals surface area contributed by atoms with Crippen molar-refractivity contribution in [1.29, 1.82) is 0 Å². The zero-order valence-corrected chi connectivity index (χ0v) is 12.6. The molecule has 2 rings (SSSR count). The molecule has 0 radical (unpaired) electrons. The van der Waals surface area contributed by atoms with Gasteiger partial charge in [0.15, 0.2) is 0 Å². The van der Waals surface area contributed by atoms with Gasteiger partial charge < -0.3 is 15.8 Å². The molecule has 4 heteroatoms. The van der Waals surface area contributed by atoms with Crippen LogP contribution in [0.25, 0.3) is 0 Å². The Morgan fingerprint density at radius 2 is 1.90 bits per heavy atom. The van der Waals surface area contributed by atoms with E-state index in [0.717, 1.165) is 24.6 Å². The van der Waals surface area contributed by atoms with Crippen molar-refractivity contribution in [3.8, 4) is 5.75 Å². The molecule has 0 aromatic heterocycles. The van der Waals surface area contributed by atoms with Crippen LogP contribution in [0.15, 0.2) is 24.3 Å². The van der Waals surface area contributed by atoms with Crippen molar-refractivity contribution in [3.63, 3.8) is 0 Å². The predicted molar refractivity (Wildman–Crippen MR) is 85.2 cm³/mol. The van der Waals surface area contributed by atoms with E-state index in [2.05, 4.69) is 5.32 Å². The zero-order valence-electron chi connectivity index (χ0n) is 12.6. The van der Waals surface area contributed by atoms with Crippen LogP contribution >= 0.6 is 0 Å². The first-order chi connectivity index (χ1) is 10.2. The molecule has 0 atom stereocenters. The van der Waals surface area contributed by atoms with Crippen molar-refractivity contribution in [2.24, 2.45) is 5.92 Å². The lowest BCUT2D eigenvalue weighted by Crippen LogP contribution is -2.27. The Morgan fingerprint density at radius 3 is 2.62 bits per heavy atom. The van der Waals surface area contributed by atoms with E-state index in [1.807, 2.05) is 12.1 Å². The Labute approximate surface area is 127 Å². The van der Waals surface area contributed by atoms with E-state index < -0.39 is 0 Å². The SMILES string of the molecule is Nc1ccc(OCCC(=O)NCCC2CCCCC2)cc1. The van der Waals surface area contributed by atoms with Crippen LogP contribution in [-0.4, -0.2) is 19.1 Å². The van der Waals surface area contributed by atoms with Crippen molar-refractivity contribution in [2.75, 3.05) is 18.9 Å². The lowest BCUT2D eigenvalue weighted by molar-refractivity contribution is -0.121. The molecule has 3 N–H and O–H groups in total. The number of nitrogen functional groups attached to an aromatic ring is 1. The third-order valence-electron chi connectivity index (χ3n) is 4.08. The molecule has 21 heavy (non-hydrogen) atoms.